The Morgan fingerprint density at radius 1 is 1.18 bits per heavy atom. The number of alkyl halides is 2. The predicted octanol–water partition coefficient (Wildman–Crippen LogP) is 2.45. The van der Waals surface area contributed by atoms with Crippen molar-refractivity contribution in [2.75, 3.05) is 6.54 Å². The zero-order valence-corrected chi connectivity index (χ0v) is 10.1. The molecule has 1 aromatic rings. The third-order valence-electron chi connectivity index (χ3n) is 2.25. The number of rotatable bonds is 6. The van der Waals surface area contributed by atoms with Crippen molar-refractivity contribution in [3.63, 3.8) is 0 Å². The van der Waals surface area contributed by atoms with Gasteiger partial charge >= 0.3 is 6.61 Å². The van der Waals surface area contributed by atoms with Crippen molar-refractivity contribution >= 4 is 12.4 Å². The molecule has 0 radical (unpaired) electrons. The Balaban J connectivity index is 0.00000256. The molecule has 1 aromatic carbocycles. The minimum atomic E-state index is -2.79. The minimum absolute atomic E-state index is 0. The lowest BCUT2D eigenvalue weighted by molar-refractivity contribution is -0.0498. The molecule has 0 saturated heterocycles. The monoisotopic (exact) mass is 266 g/mol. The van der Waals surface area contributed by atoms with E-state index < -0.39 is 6.61 Å². The van der Waals surface area contributed by atoms with Gasteiger partial charge in [0.25, 0.3) is 0 Å². The molecule has 98 valence electrons. The molecule has 0 fully saturated rings. The average Bonchev–Trinajstić information content (AvgIpc) is 2.26. The maximum Gasteiger partial charge on any atom is 0.387 e. The fraction of sp³-hybridized carbons (Fsp3) is 0.455. The summed E-state index contributed by atoms with van der Waals surface area (Å²) in [4.78, 5) is 0. The van der Waals surface area contributed by atoms with Gasteiger partial charge in [-0.15, -0.1) is 12.4 Å². The quantitative estimate of drug-likeness (QED) is 0.831. The molecular formula is C11H17ClF2N2O. The molecule has 0 spiro atoms. The highest BCUT2D eigenvalue weighted by atomic mass is 35.5. The molecule has 0 heterocycles. The van der Waals surface area contributed by atoms with Crippen LogP contribution in [0.5, 0.6) is 5.75 Å². The van der Waals surface area contributed by atoms with Crippen LogP contribution in [-0.4, -0.2) is 13.2 Å². The summed E-state index contributed by atoms with van der Waals surface area (Å²) in [6, 6.07) is 6.26. The second kappa shape index (κ2) is 8.22. The van der Waals surface area contributed by atoms with Crippen LogP contribution in [-0.2, 0) is 0 Å². The molecule has 3 nitrogen and oxygen atoms in total. The summed E-state index contributed by atoms with van der Waals surface area (Å²) in [5, 5.41) is 0. The van der Waals surface area contributed by atoms with E-state index in [0.29, 0.717) is 6.54 Å². The van der Waals surface area contributed by atoms with Gasteiger partial charge in [-0.25, -0.2) is 0 Å². The zero-order valence-electron chi connectivity index (χ0n) is 9.31. The molecule has 4 N–H and O–H groups in total. The zero-order chi connectivity index (χ0) is 12.0. The summed E-state index contributed by atoms with van der Waals surface area (Å²) in [6.07, 6.45) is 1.63. The van der Waals surface area contributed by atoms with E-state index in [4.69, 9.17) is 11.5 Å². The number of ether oxygens (including phenoxy) is 1. The number of hydrogen-bond donors (Lipinski definition) is 2. The van der Waals surface area contributed by atoms with Gasteiger partial charge in [0.1, 0.15) is 5.75 Å². The van der Waals surface area contributed by atoms with Crippen molar-refractivity contribution in [1.82, 2.24) is 0 Å². The Morgan fingerprint density at radius 2 is 1.76 bits per heavy atom. The Kier molecular flexibility index (Phi) is 7.78. The Morgan fingerprint density at radius 3 is 2.24 bits per heavy atom. The number of halogens is 3. The van der Waals surface area contributed by atoms with Crippen molar-refractivity contribution in [3.05, 3.63) is 29.8 Å². The molecule has 0 aliphatic heterocycles. The number of nitrogens with two attached hydrogens (primary N) is 2. The van der Waals surface area contributed by atoms with Gasteiger partial charge in [0.2, 0.25) is 0 Å². The van der Waals surface area contributed by atoms with Crippen LogP contribution in [0.4, 0.5) is 8.78 Å². The summed E-state index contributed by atoms with van der Waals surface area (Å²) in [5.41, 5.74) is 12.2. The van der Waals surface area contributed by atoms with E-state index in [-0.39, 0.29) is 24.2 Å². The number of benzene rings is 1. The molecular weight excluding hydrogens is 250 g/mol. The van der Waals surface area contributed by atoms with Gasteiger partial charge in [0, 0.05) is 6.04 Å². The lowest BCUT2D eigenvalue weighted by Gasteiger charge is -2.12. The van der Waals surface area contributed by atoms with Crippen LogP contribution in [0.15, 0.2) is 24.3 Å². The van der Waals surface area contributed by atoms with E-state index in [2.05, 4.69) is 4.74 Å². The fourth-order valence-electron chi connectivity index (χ4n) is 1.40. The summed E-state index contributed by atoms with van der Waals surface area (Å²) in [5.74, 6) is 0.143. The SMILES string of the molecule is Cl.NCCC[C@@H](N)c1ccc(OC(F)F)cc1. The highest BCUT2D eigenvalue weighted by Gasteiger charge is 2.07. The van der Waals surface area contributed by atoms with Gasteiger partial charge < -0.3 is 16.2 Å². The van der Waals surface area contributed by atoms with Gasteiger partial charge in [0.05, 0.1) is 0 Å². The van der Waals surface area contributed by atoms with Gasteiger partial charge in [-0.05, 0) is 37.1 Å². The topological polar surface area (TPSA) is 61.3 Å². The minimum Gasteiger partial charge on any atom is -0.435 e. The second-order valence-electron chi connectivity index (χ2n) is 3.48. The van der Waals surface area contributed by atoms with Gasteiger partial charge in [0.15, 0.2) is 0 Å². The van der Waals surface area contributed by atoms with Crippen LogP contribution >= 0.6 is 12.4 Å². The Bertz CT molecular complexity index is 309. The fourth-order valence-corrected chi connectivity index (χ4v) is 1.40. The molecule has 0 aliphatic rings. The molecule has 1 rings (SSSR count). The first-order valence-corrected chi connectivity index (χ1v) is 5.14. The van der Waals surface area contributed by atoms with Gasteiger partial charge in [-0.3, -0.25) is 0 Å². The molecule has 0 bridgehead atoms. The van der Waals surface area contributed by atoms with Crippen molar-refractivity contribution in [2.24, 2.45) is 11.5 Å². The molecule has 0 amide bonds. The molecule has 0 aromatic heterocycles. The van der Waals surface area contributed by atoms with Crippen LogP contribution in [0.2, 0.25) is 0 Å². The van der Waals surface area contributed by atoms with Crippen molar-refractivity contribution < 1.29 is 13.5 Å². The van der Waals surface area contributed by atoms with E-state index >= 15 is 0 Å². The molecule has 17 heavy (non-hydrogen) atoms. The van der Waals surface area contributed by atoms with E-state index in [9.17, 15) is 8.78 Å². The summed E-state index contributed by atoms with van der Waals surface area (Å²) in [6.45, 7) is -2.20. The van der Waals surface area contributed by atoms with Crippen LogP contribution < -0.4 is 16.2 Å². The summed E-state index contributed by atoms with van der Waals surface area (Å²) >= 11 is 0. The second-order valence-corrected chi connectivity index (χ2v) is 3.48. The maximum absolute atomic E-state index is 11.9. The standard InChI is InChI=1S/C11H16F2N2O.ClH/c12-11(13)16-9-5-3-8(4-6-9)10(15)2-1-7-14;/h3-6,10-11H,1-2,7,14-15H2;1H/t10-;/m1./s1. The molecule has 1 atom stereocenters. The lowest BCUT2D eigenvalue weighted by Crippen LogP contribution is -2.12. The van der Waals surface area contributed by atoms with E-state index in [1.165, 1.54) is 12.1 Å². The molecule has 6 heteroatoms. The normalized spacial score (nSPS) is 12.1. The summed E-state index contributed by atoms with van der Waals surface area (Å²) in [7, 11) is 0. The van der Waals surface area contributed by atoms with Crippen LogP contribution in [0, 0.1) is 0 Å². The van der Waals surface area contributed by atoms with Crippen molar-refractivity contribution in [3.8, 4) is 5.75 Å². The van der Waals surface area contributed by atoms with E-state index in [0.717, 1.165) is 18.4 Å². The highest BCUT2D eigenvalue weighted by molar-refractivity contribution is 5.85. The lowest BCUT2D eigenvalue weighted by atomic mass is 10.0. The third-order valence-corrected chi connectivity index (χ3v) is 2.25. The van der Waals surface area contributed by atoms with Gasteiger partial charge in [-0.2, -0.15) is 8.78 Å². The maximum atomic E-state index is 11.9. The van der Waals surface area contributed by atoms with E-state index in [1.54, 1.807) is 12.1 Å². The summed E-state index contributed by atoms with van der Waals surface area (Å²) < 4.78 is 28.0. The molecule has 0 saturated carbocycles. The predicted molar refractivity (Wildman–Crippen MR) is 65.5 cm³/mol. The third kappa shape index (κ3) is 5.81. The number of hydrogen-bond acceptors (Lipinski definition) is 3. The van der Waals surface area contributed by atoms with E-state index in [1.807, 2.05) is 0 Å². The average molecular weight is 267 g/mol. The highest BCUT2D eigenvalue weighted by Crippen LogP contribution is 2.20. The van der Waals surface area contributed by atoms with Crippen LogP contribution in [0.3, 0.4) is 0 Å². The smallest absolute Gasteiger partial charge is 0.387 e. The first-order valence-electron chi connectivity index (χ1n) is 5.14. The molecule has 0 unspecified atom stereocenters. The molecule has 0 aliphatic carbocycles. The van der Waals surface area contributed by atoms with Crippen LogP contribution in [0.1, 0.15) is 24.4 Å². The van der Waals surface area contributed by atoms with Crippen molar-refractivity contribution in [2.45, 2.75) is 25.5 Å². The van der Waals surface area contributed by atoms with Crippen LogP contribution in [0.25, 0.3) is 0 Å². The largest absolute Gasteiger partial charge is 0.435 e. The Labute approximate surface area is 106 Å². The first kappa shape index (κ1) is 16.1. The first-order chi connectivity index (χ1) is 7.63. The van der Waals surface area contributed by atoms with Crippen molar-refractivity contribution in [1.29, 1.82) is 0 Å². The Hall–Kier alpha value is -0.910. The van der Waals surface area contributed by atoms with Gasteiger partial charge in [-0.1, -0.05) is 12.1 Å².